The summed E-state index contributed by atoms with van der Waals surface area (Å²) in [5.41, 5.74) is 0. The van der Waals surface area contributed by atoms with Crippen molar-refractivity contribution in [2.24, 2.45) is 5.92 Å². The minimum absolute atomic E-state index is 0.225. The van der Waals surface area contributed by atoms with E-state index in [2.05, 4.69) is 10.1 Å². The van der Waals surface area contributed by atoms with Gasteiger partial charge in [-0.2, -0.15) is 4.98 Å². The second-order valence-corrected chi connectivity index (χ2v) is 3.65. The van der Waals surface area contributed by atoms with E-state index < -0.39 is 0 Å². The molecule has 1 aliphatic carbocycles. The maximum Gasteiger partial charge on any atom is 0.263 e. The second-order valence-electron chi connectivity index (χ2n) is 3.31. The van der Waals surface area contributed by atoms with Crippen molar-refractivity contribution in [3.63, 3.8) is 0 Å². The van der Waals surface area contributed by atoms with Crippen LogP contribution in [0.3, 0.4) is 0 Å². The fourth-order valence-electron chi connectivity index (χ4n) is 1.78. The van der Waals surface area contributed by atoms with Crippen LogP contribution in [0.5, 0.6) is 0 Å². The number of hydrogen-bond acceptors (Lipinski definition) is 3. The van der Waals surface area contributed by atoms with E-state index in [0.717, 1.165) is 12.3 Å². The summed E-state index contributed by atoms with van der Waals surface area (Å²) >= 11 is 5.53. The van der Waals surface area contributed by atoms with E-state index in [1.54, 1.807) is 0 Å². The lowest BCUT2D eigenvalue weighted by Crippen LogP contribution is -1.98. The SMILES string of the molecule is Clc1noc(CC2CCCC2)n1. The molecule has 0 spiro atoms. The fourth-order valence-corrected chi connectivity index (χ4v) is 1.91. The molecule has 1 fully saturated rings. The maximum absolute atomic E-state index is 5.53. The standard InChI is InChI=1S/C8H11ClN2O/c9-8-10-7(12-11-8)5-6-3-1-2-4-6/h6H,1-5H2. The molecular formula is C8H11ClN2O. The third-order valence-corrected chi connectivity index (χ3v) is 2.53. The van der Waals surface area contributed by atoms with Gasteiger partial charge in [-0.3, -0.25) is 0 Å². The second kappa shape index (κ2) is 3.44. The molecule has 0 aromatic carbocycles. The van der Waals surface area contributed by atoms with Crippen LogP contribution < -0.4 is 0 Å². The molecule has 4 heteroatoms. The predicted molar refractivity (Wildman–Crippen MR) is 45.0 cm³/mol. The third-order valence-electron chi connectivity index (χ3n) is 2.38. The van der Waals surface area contributed by atoms with Gasteiger partial charge in [0.05, 0.1) is 0 Å². The van der Waals surface area contributed by atoms with Gasteiger partial charge < -0.3 is 4.52 Å². The lowest BCUT2D eigenvalue weighted by atomic mass is 10.0. The van der Waals surface area contributed by atoms with Crippen LogP contribution in [0.1, 0.15) is 31.6 Å². The van der Waals surface area contributed by atoms with Gasteiger partial charge in [0.1, 0.15) is 0 Å². The zero-order valence-electron chi connectivity index (χ0n) is 6.79. The van der Waals surface area contributed by atoms with Crippen molar-refractivity contribution in [1.29, 1.82) is 0 Å². The Balaban J connectivity index is 1.94. The van der Waals surface area contributed by atoms with Crippen molar-refractivity contribution < 1.29 is 4.52 Å². The molecule has 1 saturated carbocycles. The van der Waals surface area contributed by atoms with Gasteiger partial charge in [-0.05, 0) is 35.5 Å². The zero-order valence-corrected chi connectivity index (χ0v) is 7.55. The summed E-state index contributed by atoms with van der Waals surface area (Å²) < 4.78 is 4.93. The first kappa shape index (κ1) is 8.05. The Morgan fingerprint density at radius 3 is 2.75 bits per heavy atom. The van der Waals surface area contributed by atoms with Crippen molar-refractivity contribution in [2.75, 3.05) is 0 Å². The first-order valence-electron chi connectivity index (χ1n) is 4.32. The number of hydrogen-bond donors (Lipinski definition) is 0. The highest BCUT2D eigenvalue weighted by molar-refractivity contribution is 6.28. The Kier molecular flexibility index (Phi) is 2.30. The van der Waals surface area contributed by atoms with Gasteiger partial charge in [0.25, 0.3) is 5.28 Å². The van der Waals surface area contributed by atoms with E-state index in [1.165, 1.54) is 25.7 Å². The Morgan fingerprint density at radius 2 is 2.17 bits per heavy atom. The van der Waals surface area contributed by atoms with Crippen LogP contribution in [0.2, 0.25) is 5.28 Å². The van der Waals surface area contributed by atoms with E-state index in [-0.39, 0.29) is 5.28 Å². The van der Waals surface area contributed by atoms with Crippen molar-refractivity contribution in [3.05, 3.63) is 11.2 Å². The predicted octanol–water partition coefficient (Wildman–Crippen LogP) is 2.46. The molecule has 3 nitrogen and oxygen atoms in total. The summed E-state index contributed by atoms with van der Waals surface area (Å²) in [6.07, 6.45) is 6.17. The average Bonchev–Trinajstić information content (AvgIpc) is 2.63. The van der Waals surface area contributed by atoms with E-state index in [4.69, 9.17) is 16.1 Å². The molecule has 0 aliphatic heterocycles. The van der Waals surface area contributed by atoms with Gasteiger partial charge in [0, 0.05) is 6.42 Å². The Bertz CT molecular complexity index is 255. The van der Waals surface area contributed by atoms with Crippen LogP contribution in [0, 0.1) is 5.92 Å². The number of halogens is 1. The first-order valence-corrected chi connectivity index (χ1v) is 4.70. The van der Waals surface area contributed by atoms with Crippen LogP contribution in [-0.4, -0.2) is 10.1 Å². The highest BCUT2D eigenvalue weighted by Crippen LogP contribution is 2.27. The molecule has 0 saturated heterocycles. The molecule has 1 aromatic heterocycles. The van der Waals surface area contributed by atoms with Crippen molar-refractivity contribution in [3.8, 4) is 0 Å². The summed E-state index contributed by atoms with van der Waals surface area (Å²) in [4.78, 5) is 3.96. The molecule has 0 amide bonds. The Hall–Kier alpha value is -0.570. The van der Waals surface area contributed by atoms with Gasteiger partial charge in [0.2, 0.25) is 5.89 Å². The lowest BCUT2D eigenvalue weighted by molar-refractivity contribution is 0.352. The molecule has 0 unspecified atom stereocenters. The average molecular weight is 187 g/mol. The molecule has 0 atom stereocenters. The van der Waals surface area contributed by atoms with Crippen molar-refractivity contribution >= 4 is 11.6 Å². The molecule has 2 rings (SSSR count). The van der Waals surface area contributed by atoms with E-state index in [9.17, 15) is 0 Å². The highest BCUT2D eigenvalue weighted by Gasteiger charge is 2.18. The molecule has 0 N–H and O–H groups in total. The Labute approximate surface area is 76.1 Å². The summed E-state index contributed by atoms with van der Waals surface area (Å²) in [6.45, 7) is 0. The number of nitrogens with zero attached hydrogens (tertiary/aromatic N) is 2. The molecule has 1 heterocycles. The van der Waals surface area contributed by atoms with Gasteiger partial charge in [0.15, 0.2) is 0 Å². The molecule has 12 heavy (non-hydrogen) atoms. The molecular weight excluding hydrogens is 176 g/mol. The topological polar surface area (TPSA) is 38.9 Å². The minimum atomic E-state index is 0.225. The lowest BCUT2D eigenvalue weighted by Gasteiger charge is -2.02. The molecule has 1 aromatic rings. The summed E-state index contributed by atoms with van der Waals surface area (Å²) in [5.74, 6) is 1.42. The van der Waals surface area contributed by atoms with E-state index in [0.29, 0.717) is 5.89 Å². The van der Waals surface area contributed by atoms with E-state index in [1.807, 2.05) is 0 Å². The minimum Gasteiger partial charge on any atom is -0.338 e. The van der Waals surface area contributed by atoms with Gasteiger partial charge >= 0.3 is 0 Å². The van der Waals surface area contributed by atoms with Crippen LogP contribution >= 0.6 is 11.6 Å². The Morgan fingerprint density at radius 1 is 1.42 bits per heavy atom. The fraction of sp³-hybridized carbons (Fsp3) is 0.750. The van der Waals surface area contributed by atoms with Crippen molar-refractivity contribution in [2.45, 2.75) is 32.1 Å². The molecule has 1 aliphatic rings. The molecule has 0 radical (unpaired) electrons. The zero-order chi connectivity index (χ0) is 8.39. The van der Waals surface area contributed by atoms with Crippen LogP contribution in [0.15, 0.2) is 4.52 Å². The van der Waals surface area contributed by atoms with Gasteiger partial charge in [-0.15, -0.1) is 0 Å². The van der Waals surface area contributed by atoms with Crippen LogP contribution in [0.25, 0.3) is 0 Å². The quantitative estimate of drug-likeness (QED) is 0.712. The molecule has 66 valence electrons. The van der Waals surface area contributed by atoms with E-state index >= 15 is 0 Å². The highest BCUT2D eigenvalue weighted by atomic mass is 35.5. The summed E-state index contributed by atoms with van der Waals surface area (Å²) in [6, 6.07) is 0. The van der Waals surface area contributed by atoms with Crippen LogP contribution in [0.4, 0.5) is 0 Å². The first-order chi connectivity index (χ1) is 5.84. The van der Waals surface area contributed by atoms with Crippen LogP contribution in [-0.2, 0) is 6.42 Å². The van der Waals surface area contributed by atoms with Crippen molar-refractivity contribution in [1.82, 2.24) is 10.1 Å². The summed E-state index contributed by atoms with van der Waals surface area (Å²) in [7, 11) is 0. The van der Waals surface area contributed by atoms with Gasteiger partial charge in [-0.1, -0.05) is 12.8 Å². The largest absolute Gasteiger partial charge is 0.338 e. The monoisotopic (exact) mass is 186 g/mol. The molecule has 0 bridgehead atoms. The van der Waals surface area contributed by atoms with Gasteiger partial charge in [-0.25, -0.2) is 0 Å². The normalized spacial score (nSPS) is 18.8. The third kappa shape index (κ3) is 1.78. The summed E-state index contributed by atoms with van der Waals surface area (Å²) in [5, 5.41) is 3.76. The number of rotatable bonds is 2. The number of aromatic nitrogens is 2. The smallest absolute Gasteiger partial charge is 0.263 e. The maximum atomic E-state index is 5.53.